The molecule has 0 aliphatic carbocycles. The Bertz CT molecular complexity index is 1020. The molecule has 1 aliphatic heterocycles. The fourth-order valence-corrected chi connectivity index (χ4v) is 4.56. The molecule has 3 aromatic rings. The van der Waals surface area contributed by atoms with E-state index < -0.39 is 0 Å². The monoisotopic (exact) mass is 398 g/mol. The van der Waals surface area contributed by atoms with Crippen LogP contribution in [0.15, 0.2) is 77.8 Å². The van der Waals surface area contributed by atoms with Crippen LogP contribution in [0.3, 0.4) is 0 Å². The van der Waals surface area contributed by atoms with E-state index in [0.717, 1.165) is 35.7 Å². The molecule has 1 atom stereocenters. The summed E-state index contributed by atoms with van der Waals surface area (Å²) in [5, 5.41) is 0. The predicted molar refractivity (Wildman–Crippen MR) is 127 cm³/mol. The van der Waals surface area contributed by atoms with Crippen LogP contribution < -0.4 is 9.64 Å². The van der Waals surface area contributed by atoms with E-state index in [1.54, 1.807) is 0 Å². The number of hydrogen-bond donors (Lipinski definition) is 0. The maximum absolute atomic E-state index is 5.85. The van der Waals surface area contributed by atoms with Gasteiger partial charge in [0.1, 0.15) is 11.5 Å². The van der Waals surface area contributed by atoms with Crippen molar-refractivity contribution in [2.75, 3.05) is 11.4 Å². The van der Waals surface area contributed by atoms with Crippen LogP contribution in [0.2, 0.25) is 0 Å². The van der Waals surface area contributed by atoms with Gasteiger partial charge < -0.3 is 9.64 Å². The Morgan fingerprint density at radius 3 is 2.40 bits per heavy atom. The van der Waals surface area contributed by atoms with Gasteiger partial charge in [-0.05, 0) is 92.8 Å². The number of rotatable bonds is 5. The van der Waals surface area contributed by atoms with Crippen LogP contribution in [0.4, 0.5) is 11.4 Å². The van der Waals surface area contributed by atoms with Crippen LogP contribution in [-0.4, -0.2) is 18.3 Å². The summed E-state index contributed by atoms with van der Waals surface area (Å²) in [7, 11) is 0. The van der Waals surface area contributed by atoms with Crippen molar-refractivity contribution < 1.29 is 4.74 Å². The van der Waals surface area contributed by atoms with E-state index in [-0.39, 0.29) is 5.54 Å². The number of fused-ring (bicyclic) bond motifs is 1. The highest BCUT2D eigenvalue weighted by Gasteiger charge is 2.35. The van der Waals surface area contributed by atoms with Gasteiger partial charge in [-0.2, -0.15) is 0 Å². The third kappa shape index (κ3) is 4.25. The zero-order chi connectivity index (χ0) is 21.1. The maximum atomic E-state index is 5.85. The third-order valence-corrected chi connectivity index (χ3v) is 5.90. The van der Waals surface area contributed by atoms with E-state index in [9.17, 15) is 0 Å². The number of hydrogen-bond acceptors (Lipinski definition) is 3. The van der Waals surface area contributed by atoms with Gasteiger partial charge >= 0.3 is 0 Å². The first-order valence-electron chi connectivity index (χ1n) is 10.7. The Labute approximate surface area is 180 Å². The highest BCUT2D eigenvalue weighted by atomic mass is 16.5. The molecular formula is C27H30N2O. The number of anilines is 1. The molecule has 0 aromatic heterocycles. The predicted octanol–water partition coefficient (Wildman–Crippen LogP) is 7.34. The molecule has 3 heteroatoms. The first-order valence-corrected chi connectivity index (χ1v) is 10.7. The summed E-state index contributed by atoms with van der Waals surface area (Å²) in [6.45, 7) is 10.3. The molecular weight excluding hydrogens is 368 g/mol. The SMILES string of the molecule is CCN1c2ccc(C=Nc3ccc(Oc4ccccc4)cc3)cc2C(C)CC1(C)C. The van der Waals surface area contributed by atoms with Crippen LogP contribution >= 0.6 is 0 Å². The van der Waals surface area contributed by atoms with Crippen LogP contribution in [0.25, 0.3) is 0 Å². The van der Waals surface area contributed by atoms with Gasteiger partial charge in [-0.15, -0.1) is 0 Å². The lowest BCUT2D eigenvalue weighted by atomic mass is 9.79. The Hall–Kier alpha value is -3.07. The second kappa shape index (κ2) is 8.35. The third-order valence-electron chi connectivity index (χ3n) is 5.90. The van der Waals surface area contributed by atoms with Crippen LogP contribution in [0.5, 0.6) is 11.5 Å². The smallest absolute Gasteiger partial charge is 0.127 e. The molecule has 0 fully saturated rings. The zero-order valence-corrected chi connectivity index (χ0v) is 18.3. The molecule has 0 spiro atoms. The van der Waals surface area contributed by atoms with Crippen molar-refractivity contribution in [3.8, 4) is 11.5 Å². The van der Waals surface area contributed by atoms with Crippen molar-refractivity contribution in [2.45, 2.75) is 45.6 Å². The fraction of sp³-hybridized carbons (Fsp3) is 0.296. The van der Waals surface area contributed by atoms with E-state index in [1.807, 2.05) is 60.8 Å². The van der Waals surface area contributed by atoms with Crippen molar-refractivity contribution >= 4 is 17.6 Å². The van der Waals surface area contributed by atoms with E-state index in [4.69, 9.17) is 4.74 Å². The first kappa shape index (κ1) is 20.2. The van der Waals surface area contributed by atoms with Crippen LogP contribution in [0.1, 0.15) is 51.2 Å². The lowest BCUT2D eigenvalue weighted by molar-refractivity contribution is 0.381. The lowest BCUT2D eigenvalue weighted by Crippen LogP contribution is -2.48. The van der Waals surface area contributed by atoms with Crippen molar-refractivity contribution in [1.29, 1.82) is 0 Å². The largest absolute Gasteiger partial charge is 0.457 e. The van der Waals surface area contributed by atoms with Gasteiger partial charge in [-0.3, -0.25) is 4.99 Å². The van der Waals surface area contributed by atoms with E-state index in [2.05, 4.69) is 55.8 Å². The molecule has 1 heterocycles. The van der Waals surface area contributed by atoms with Gasteiger partial charge in [0.15, 0.2) is 0 Å². The summed E-state index contributed by atoms with van der Waals surface area (Å²) in [6.07, 6.45) is 3.12. The second-order valence-corrected chi connectivity index (χ2v) is 8.65. The average Bonchev–Trinajstić information content (AvgIpc) is 2.74. The van der Waals surface area contributed by atoms with E-state index in [0.29, 0.717) is 5.92 Å². The molecule has 0 saturated heterocycles. The van der Waals surface area contributed by atoms with Crippen molar-refractivity contribution in [3.05, 3.63) is 83.9 Å². The zero-order valence-electron chi connectivity index (χ0n) is 18.3. The molecule has 4 rings (SSSR count). The summed E-state index contributed by atoms with van der Waals surface area (Å²) in [6, 6.07) is 24.4. The summed E-state index contributed by atoms with van der Waals surface area (Å²) < 4.78 is 5.85. The topological polar surface area (TPSA) is 24.8 Å². The number of para-hydroxylation sites is 1. The number of ether oxygens (including phenoxy) is 1. The number of aliphatic imine (C=N–C) groups is 1. The fourth-order valence-electron chi connectivity index (χ4n) is 4.56. The molecule has 0 saturated carbocycles. The van der Waals surface area contributed by atoms with Gasteiger partial charge in [0.05, 0.1) is 5.69 Å². The Kier molecular flexibility index (Phi) is 5.63. The summed E-state index contributed by atoms with van der Waals surface area (Å²) in [4.78, 5) is 7.19. The van der Waals surface area contributed by atoms with Crippen molar-refractivity contribution in [1.82, 2.24) is 0 Å². The Morgan fingerprint density at radius 1 is 1.00 bits per heavy atom. The van der Waals surface area contributed by atoms with Crippen molar-refractivity contribution in [3.63, 3.8) is 0 Å². The Morgan fingerprint density at radius 2 is 1.70 bits per heavy atom. The quantitative estimate of drug-likeness (QED) is 0.420. The minimum atomic E-state index is 0.195. The standard InChI is InChI=1S/C27H30N2O/c1-5-29-26-16-11-21(17-25(26)20(2)18-27(29,3)4)19-28-22-12-14-24(15-13-22)30-23-9-7-6-8-10-23/h6-17,19-20H,5,18H2,1-4H3. The highest BCUT2D eigenvalue weighted by Crippen LogP contribution is 2.43. The van der Waals surface area contributed by atoms with Gasteiger partial charge in [0, 0.05) is 24.0 Å². The molecule has 0 N–H and O–H groups in total. The minimum absolute atomic E-state index is 0.195. The minimum Gasteiger partial charge on any atom is -0.457 e. The van der Waals surface area contributed by atoms with Gasteiger partial charge in [-0.1, -0.05) is 31.2 Å². The summed E-state index contributed by atoms with van der Waals surface area (Å²) >= 11 is 0. The average molecular weight is 399 g/mol. The highest BCUT2D eigenvalue weighted by molar-refractivity contribution is 5.83. The number of benzene rings is 3. The van der Waals surface area contributed by atoms with Crippen LogP contribution in [0, 0.1) is 0 Å². The molecule has 30 heavy (non-hydrogen) atoms. The second-order valence-electron chi connectivity index (χ2n) is 8.65. The molecule has 3 aromatic carbocycles. The maximum Gasteiger partial charge on any atom is 0.127 e. The molecule has 0 amide bonds. The van der Waals surface area contributed by atoms with Crippen LogP contribution in [-0.2, 0) is 0 Å². The van der Waals surface area contributed by atoms with Gasteiger partial charge in [0.25, 0.3) is 0 Å². The van der Waals surface area contributed by atoms with Gasteiger partial charge in [0.2, 0.25) is 0 Å². The lowest BCUT2D eigenvalue weighted by Gasteiger charge is -2.47. The molecule has 0 bridgehead atoms. The molecule has 1 aliphatic rings. The molecule has 1 unspecified atom stereocenters. The summed E-state index contributed by atoms with van der Waals surface area (Å²) in [5.41, 5.74) is 5.03. The molecule has 3 nitrogen and oxygen atoms in total. The normalized spacial score (nSPS) is 17.7. The first-order chi connectivity index (χ1) is 14.5. The van der Waals surface area contributed by atoms with E-state index >= 15 is 0 Å². The Balaban J connectivity index is 1.50. The van der Waals surface area contributed by atoms with E-state index in [1.165, 1.54) is 11.3 Å². The molecule has 0 radical (unpaired) electrons. The number of nitrogens with zero attached hydrogens (tertiary/aromatic N) is 2. The van der Waals surface area contributed by atoms with Crippen molar-refractivity contribution in [2.24, 2.45) is 4.99 Å². The molecule has 154 valence electrons. The van der Waals surface area contributed by atoms with Gasteiger partial charge in [-0.25, -0.2) is 0 Å². The summed E-state index contributed by atoms with van der Waals surface area (Å²) in [5.74, 6) is 2.19.